The molecule has 0 bridgehead atoms. The second-order valence-electron chi connectivity index (χ2n) is 6.57. The van der Waals surface area contributed by atoms with Gasteiger partial charge in [0.05, 0.1) is 11.8 Å². The molecular weight excluding hydrogens is 400 g/mol. The van der Waals surface area contributed by atoms with Crippen molar-refractivity contribution in [3.05, 3.63) is 48.0 Å². The van der Waals surface area contributed by atoms with Gasteiger partial charge in [0.2, 0.25) is 0 Å². The van der Waals surface area contributed by atoms with E-state index in [0.29, 0.717) is 47.5 Å². The summed E-state index contributed by atoms with van der Waals surface area (Å²) >= 11 is 1.25. The molecule has 1 fully saturated rings. The monoisotopic (exact) mass is 419 g/mol. The fourth-order valence-corrected chi connectivity index (χ4v) is 4.21. The number of nitrogens with zero attached hydrogens (tertiary/aromatic N) is 3. The van der Waals surface area contributed by atoms with Crippen LogP contribution >= 0.6 is 11.3 Å². The molecule has 29 heavy (non-hydrogen) atoms. The summed E-state index contributed by atoms with van der Waals surface area (Å²) in [6, 6.07) is 9.21. The number of hydrogen-bond donors (Lipinski definition) is 0. The van der Waals surface area contributed by atoms with Crippen LogP contribution in [0.3, 0.4) is 0 Å². The highest BCUT2D eigenvalue weighted by atomic mass is 32.1. The molecule has 0 atom stereocenters. The highest BCUT2D eigenvalue weighted by Crippen LogP contribution is 2.31. The summed E-state index contributed by atoms with van der Waals surface area (Å²) in [7, 11) is 1.57. The number of carbonyl (C=O) groups is 1. The molecule has 1 saturated heterocycles. The van der Waals surface area contributed by atoms with E-state index in [0.717, 1.165) is 6.07 Å². The first-order valence-electron chi connectivity index (χ1n) is 9.08. The number of aromatic nitrogens is 1. The van der Waals surface area contributed by atoms with Gasteiger partial charge < -0.3 is 19.3 Å². The summed E-state index contributed by atoms with van der Waals surface area (Å²) in [4.78, 5) is 20.4. The Labute approximate surface area is 170 Å². The van der Waals surface area contributed by atoms with Crippen molar-refractivity contribution in [3.63, 3.8) is 0 Å². The standard InChI is InChI=1S/C20H19F2N3O3S/c1-27-14-3-2-4-15(11-14)28-12-18(26)24-5-7-25(8-6-24)20-23-19-16(22)9-13(21)10-17(19)29-20/h2-4,9-11H,5-8,12H2,1H3. The van der Waals surface area contributed by atoms with Crippen molar-refractivity contribution < 1.29 is 23.0 Å². The third-order valence-corrected chi connectivity index (χ3v) is 5.77. The van der Waals surface area contributed by atoms with E-state index in [2.05, 4.69) is 4.98 Å². The van der Waals surface area contributed by atoms with E-state index in [-0.39, 0.29) is 18.0 Å². The fraction of sp³-hybridized carbons (Fsp3) is 0.300. The largest absolute Gasteiger partial charge is 0.497 e. The van der Waals surface area contributed by atoms with Crippen LogP contribution in [0.4, 0.5) is 13.9 Å². The summed E-state index contributed by atoms with van der Waals surface area (Å²) in [5.74, 6) is -0.150. The summed E-state index contributed by atoms with van der Waals surface area (Å²) in [5.41, 5.74) is 0.177. The Balaban J connectivity index is 1.34. The Kier molecular flexibility index (Phi) is 5.48. The maximum atomic E-state index is 13.9. The molecular formula is C20H19F2N3O3S. The number of halogens is 2. The van der Waals surface area contributed by atoms with Gasteiger partial charge in [-0.25, -0.2) is 13.8 Å². The second kappa shape index (κ2) is 8.20. The zero-order valence-electron chi connectivity index (χ0n) is 15.7. The zero-order chi connectivity index (χ0) is 20.4. The molecule has 1 aliphatic heterocycles. The molecule has 6 nitrogen and oxygen atoms in total. The average Bonchev–Trinajstić information content (AvgIpc) is 3.16. The topological polar surface area (TPSA) is 54.9 Å². The summed E-state index contributed by atoms with van der Waals surface area (Å²) in [6.07, 6.45) is 0. The van der Waals surface area contributed by atoms with Crippen LogP contribution in [0.25, 0.3) is 10.2 Å². The molecule has 2 heterocycles. The number of thiazole rings is 1. The van der Waals surface area contributed by atoms with Crippen molar-refractivity contribution in [2.24, 2.45) is 0 Å². The maximum absolute atomic E-state index is 13.9. The highest BCUT2D eigenvalue weighted by Gasteiger charge is 2.24. The molecule has 0 spiro atoms. The summed E-state index contributed by atoms with van der Waals surface area (Å²) in [6.45, 7) is 2.09. The lowest BCUT2D eigenvalue weighted by Gasteiger charge is -2.34. The molecule has 9 heteroatoms. The summed E-state index contributed by atoms with van der Waals surface area (Å²) in [5, 5.41) is 0.629. The lowest BCUT2D eigenvalue weighted by atomic mass is 10.3. The van der Waals surface area contributed by atoms with Crippen molar-refractivity contribution >= 4 is 32.6 Å². The van der Waals surface area contributed by atoms with Crippen LogP contribution in [0.2, 0.25) is 0 Å². The molecule has 1 amide bonds. The van der Waals surface area contributed by atoms with Crippen molar-refractivity contribution in [2.45, 2.75) is 0 Å². The molecule has 0 N–H and O–H groups in total. The van der Waals surface area contributed by atoms with Crippen LogP contribution in [0.1, 0.15) is 0 Å². The van der Waals surface area contributed by atoms with E-state index in [1.165, 1.54) is 17.4 Å². The number of anilines is 1. The number of benzene rings is 2. The van der Waals surface area contributed by atoms with Crippen molar-refractivity contribution in [3.8, 4) is 11.5 Å². The predicted molar refractivity (Wildman–Crippen MR) is 107 cm³/mol. The van der Waals surface area contributed by atoms with Crippen molar-refractivity contribution in [2.75, 3.05) is 44.8 Å². The number of ether oxygens (including phenoxy) is 2. The molecule has 2 aromatic carbocycles. The third-order valence-electron chi connectivity index (χ3n) is 4.71. The SMILES string of the molecule is COc1cccc(OCC(=O)N2CCN(c3nc4c(F)cc(F)cc4s3)CC2)c1. The Hall–Kier alpha value is -2.94. The molecule has 1 aliphatic rings. The van der Waals surface area contributed by atoms with E-state index in [1.54, 1.807) is 36.3 Å². The predicted octanol–water partition coefficient (Wildman–Crippen LogP) is 3.31. The molecule has 0 aliphatic carbocycles. The number of methoxy groups -OCH3 is 1. The smallest absolute Gasteiger partial charge is 0.260 e. The minimum atomic E-state index is -0.661. The first kappa shape index (κ1) is 19.4. The van der Waals surface area contributed by atoms with Crippen LogP contribution in [0.15, 0.2) is 36.4 Å². The normalized spacial score (nSPS) is 14.3. The van der Waals surface area contributed by atoms with Gasteiger partial charge in [-0.15, -0.1) is 0 Å². The van der Waals surface area contributed by atoms with E-state index in [4.69, 9.17) is 9.47 Å². The minimum absolute atomic E-state index is 0.0568. The van der Waals surface area contributed by atoms with Gasteiger partial charge in [0.1, 0.15) is 22.8 Å². The van der Waals surface area contributed by atoms with Crippen molar-refractivity contribution in [1.82, 2.24) is 9.88 Å². The molecule has 4 rings (SSSR count). The molecule has 1 aromatic heterocycles. The number of piperazine rings is 1. The molecule has 152 valence electrons. The highest BCUT2D eigenvalue weighted by molar-refractivity contribution is 7.22. The molecule has 0 saturated carbocycles. The lowest BCUT2D eigenvalue weighted by Crippen LogP contribution is -2.50. The average molecular weight is 419 g/mol. The molecule has 0 unspecified atom stereocenters. The van der Waals surface area contributed by atoms with Gasteiger partial charge in [-0.2, -0.15) is 0 Å². The van der Waals surface area contributed by atoms with Gasteiger partial charge in [0.25, 0.3) is 5.91 Å². The zero-order valence-corrected chi connectivity index (χ0v) is 16.5. The van der Waals surface area contributed by atoms with E-state index in [1.807, 2.05) is 4.90 Å². The number of amides is 1. The number of hydrogen-bond acceptors (Lipinski definition) is 6. The summed E-state index contributed by atoms with van der Waals surface area (Å²) < 4.78 is 38.4. The van der Waals surface area contributed by atoms with Crippen molar-refractivity contribution in [1.29, 1.82) is 0 Å². The first-order chi connectivity index (χ1) is 14.0. The Morgan fingerprint density at radius 2 is 1.90 bits per heavy atom. The van der Waals surface area contributed by atoms with Crippen LogP contribution in [-0.4, -0.2) is 55.7 Å². The van der Waals surface area contributed by atoms with Gasteiger partial charge in [0.15, 0.2) is 17.6 Å². The van der Waals surface area contributed by atoms with E-state index >= 15 is 0 Å². The fourth-order valence-electron chi connectivity index (χ4n) is 3.16. The number of rotatable bonds is 5. The molecule has 0 radical (unpaired) electrons. The van der Waals surface area contributed by atoms with Crippen LogP contribution in [0, 0.1) is 11.6 Å². The Bertz CT molecular complexity index is 1030. The number of fused-ring (bicyclic) bond motifs is 1. The van der Waals surface area contributed by atoms with Crippen LogP contribution < -0.4 is 14.4 Å². The minimum Gasteiger partial charge on any atom is -0.497 e. The van der Waals surface area contributed by atoms with E-state index < -0.39 is 11.6 Å². The number of carbonyl (C=O) groups excluding carboxylic acids is 1. The van der Waals surface area contributed by atoms with Crippen LogP contribution in [0.5, 0.6) is 11.5 Å². The second-order valence-corrected chi connectivity index (χ2v) is 7.58. The van der Waals surface area contributed by atoms with E-state index in [9.17, 15) is 13.6 Å². The van der Waals surface area contributed by atoms with Gasteiger partial charge in [-0.05, 0) is 18.2 Å². The van der Waals surface area contributed by atoms with Crippen LogP contribution in [-0.2, 0) is 4.79 Å². The molecule has 3 aromatic rings. The van der Waals surface area contributed by atoms with Gasteiger partial charge in [-0.3, -0.25) is 4.79 Å². The third kappa shape index (κ3) is 4.24. The van der Waals surface area contributed by atoms with Gasteiger partial charge in [0, 0.05) is 38.3 Å². The first-order valence-corrected chi connectivity index (χ1v) is 9.90. The maximum Gasteiger partial charge on any atom is 0.260 e. The quantitative estimate of drug-likeness (QED) is 0.635. The Morgan fingerprint density at radius 3 is 2.66 bits per heavy atom. The van der Waals surface area contributed by atoms with Gasteiger partial charge >= 0.3 is 0 Å². The lowest BCUT2D eigenvalue weighted by molar-refractivity contribution is -0.133. The van der Waals surface area contributed by atoms with Gasteiger partial charge in [-0.1, -0.05) is 17.4 Å². The Morgan fingerprint density at radius 1 is 1.14 bits per heavy atom.